The highest BCUT2D eigenvalue weighted by molar-refractivity contribution is 7.22. The van der Waals surface area contributed by atoms with Gasteiger partial charge in [0.15, 0.2) is 0 Å². The number of benzene rings is 2. The summed E-state index contributed by atoms with van der Waals surface area (Å²) < 4.78 is 9.03. The monoisotopic (exact) mass is 410 g/mol. The van der Waals surface area contributed by atoms with Crippen LogP contribution in [0.25, 0.3) is 10.2 Å². The number of halogens is 1. The summed E-state index contributed by atoms with van der Waals surface area (Å²) in [4.78, 5) is 4.51. The van der Waals surface area contributed by atoms with Gasteiger partial charge in [0.2, 0.25) is 5.13 Å². The Kier molecular flexibility index (Phi) is 5.89. The van der Waals surface area contributed by atoms with Crippen molar-refractivity contribution in [2.75, 3.05) is 12.0 Å². The highest BCUT2D eigenvalue weighted by Crippen LogP contribution is 2.25. The largest absolute Gasteiger partial charge is 0.494 e. The van der Waals surface area contributed by atoms with Crippen LogP contribution in [-0.4, -0.2) is 22.4 Å². The Morgan fingerprint density at radius 1 is 1.11 bits per heavy atom. The zero-order valence-electron chi connectivity index (χ0n) is 15.1. The van der Waals surface area contributed by atoms with Gasteiger partial charge in [-0.3, -0.25) is 5.43 Å². The summed E-state index contributed by atoms with van der Waals surface area (Å²) in [6.45, 7) is 1.49. The Hall–Kier alpha value is -2.83. The third kappa shape index (κ3) is 4.71. The smallest absolute Gasteiger partial charge is 0.204 e. The summed E-state index contributed by atoms with van der Waals surface area (Å²) in [5, 5.41) is 5.83. The molecule has 2 aromatic carbocycles. The highest BCUT2D eigenvalue weighted by atomic mass is 35.5. The first kappa shape index (κ1) is 18.5. The maximum atomic E-state index is 5.88. The number of thiazole rings is 1. The van der Waals surface area contributed by atoms with Crippen LogP contribution in [0.3, 0.4) is 0 Å². The lowest BCUT2D eigenvalue weighted by molar-refractivity contribution is 0.302. The molecule has 0 atom stereocenters. The molecule has 0 saturated heterocycles. The zero-order valence-corrected chi connectivity index (χ0v) is 16.7. The molecule has 1 N–H and O–H groups in total. The van der Waals surface area contributed by atoms with E-state index in [2.05, 4.69) is 26.1 Å². The molecule has 0 fully saturated rings. The van der Waals surface area contributed by atoms with E-state index in [0.29, 0.717) is 11.6 Å². The predicted octanol–water partition coefficient (Wildman–Crippen LogP) is 5.67. The van der Waals surface area contributed by atoms with Gasteiger partial charge in [0.1, 0.15) is 5.75 Å². The molecule has 0 bridgehead atoms. The molecule has 142 valence electrons. The van der Waals surface area contributed by atoms with Gasteiger partial charge in [0.05, 0.1) is 28.7 Å². The number of hydrazone groups is 1. The number of hydrogen-bond donors (Lipinski definition) is 1. The third-order valence-electron chi connectivity index (χ3n) is 4.14. The van der Waals surface area contributed by atoms with E-state index in [0.717, 1.165) is 39.8 Å². The summed E-state index contributed by atoms with van der Waals surface area (Å²) >= 11 is 7.47. The molecule has 28 heavy (non-hydrogen) atoms. The fourth-order valence-electron chi connectivity index (χ4n) is 2.78. The molecule has 7 heteroatoms. The fourth-order valence-corrected chi connectivity index (χ4v) is 3.72. The van der Waals surface area contributed by atoms with Crippen molar-refractivity contribution in [2.45, 2.75) is 13.0 Å². The van der Waals surface area contributed by atoms with Gasteiger partial charge in [-0.05, 0) is 55.0 Å². The minimum Gasteiger partial charge on any atom is -0.494 e. The van der Waals surface area contributed by atoms with Crippen LogP contribution < -0.4 is 10.2 Å². The molecule has 0 aliphatic rings. The van der Waals surface area contributed by atoms with Crippen LogP contribution >= 0.6 is 22.9 Å². The van der Waals surface area contributed by atoms with Crippen LogP contribution in [0.2, 0.25) is 5.02 Å². The van der Waals surface area contributed by atoms with Crippen molar-refractivity contribution in [3.63, 3.8) is 0 Å². The van der Waals surface area contributed by atoms with Crippen molar-refractivity contribution in [1.82, 2.24) is 9.55 Å². The second-order valence-electron chi connectivity index (χ2n) is 6.14. The summed E-state index contributed by atoms with van der Waals surface area (Å²) in [5.41, 5.74) is 5.03. The van der Waals surface area contributed by atoms with Crippen LogP contribution in [0.4, 0.5) is 5.13 Å². The van der Waals surface area contributed by atoms with Gasteiger partial charge in [0, 0.05) is 17.8 Å². The highest BCUT2D eigenvalue weighted by Gasteiger charge is 2.02. The van der Waals surface area contributed by atoms with Gasteiger partial charge in [-0.1, -0.05) is 35.1 Å². The average Bonchev–Trinajstić information content (AvgIpc) is 3.33. The molecule has 0 aliphatic heterocycles. The molecule has 0 saturated carbocycles. The van der Waals surface area contributed by atoms with Crippen molar-refractivity contribution in [1.29, 1.82) is 0 Å². The summed E-state index contributed by atoms with van der Waals surface area (Å²) in [5.74, 6) is 0.832. The average molecular weight is 411 g/mol. The van der Waals surface area contributed by atoms with Crippen LogP contribution in [0.5, 0.6) is 5.75 Å². The summed E-state index contributed by atoms with van der Waals surface area (Å²) in [6, 6.07) is 19.5. The summed E-state index contributed by atoms with van der Waals surface area (Å²) in [6.07, 6.45) is 4.75. The molecule has 5 nitrogen and oxygen atoms in total. The quantitative estimate of drug-likeness (QED) is 0.231. The maximum absolute atomic E-state index is 5.88. The topological polar surface area (TPSA) is 51.4 Å². The number of nitrogens with zero attached hydrogens (tertiary/aromatic N) is 3. The molecule has 0 aliphatic carbocycles. The first-order chi connectivity index (χ1) is 13.8. The lowest BCUT2D eigenvalue weighted by Crippen LogP contribution is -2.06. The minimum absolute atomic E-state index is 0.639. The normalized spacial score (nSPS) is 11.3. The van der Waals surface area contributed by atoms with Gasteiger partial charge in [0.25, 0.3) is 0 Å². The fraction of sp³-hybridized carbons (Fsp3) is 0.143. The van der Waals surface area contributed by atoms with Crippen LogP contribution in [0.15, 0.2) is 72.0 Å². The molecule has 0 radical (unpaired) electrons. The van der Waals surface area contributed by atoms with E-state index in [1.807, 2.05) is 67.0 Å². The van der Waals surface area contributed by atoms with Gasteiger partial charge in [-0.15, -0.1) is 0 Å². The number of anilines is 1. The molecule has 2 heterocycles. The minimum atomic E-state index is 0.639. The van der Waals surface area contributed by atoms with E-state index < -0.39 is 0 Å². The standard InChI is InChI=1S/C21H19ClN4OS/c22-16-8-10-18(11-9-16)27-14-4-13-26-12-3-5-17(26)15-23-25-21-24-19-6-1-2-7-20(19)28-21/h1-3,5-12,15H,4,13-14H2,(H,24,25)/b23-15-. The second kappa shape index (κ2) is 8.91. The van der Waals surface area contributed by atoms with E-state index in [-0.39, 0.29) is 0 Å². The number of ether oxygens (including phenoxy) is 1. The van der Waals surface area contributed by atoms with Crippen molar-refractivity contribution >= 4 is 44.5 Å². The Bertz CT molecular complexity index is 1040. The number of nitrogens with one attached hydrogen (secondary N) is 1. The van der Waals surface area contributed by atoms with Crippen LogP contribution in [-0.2, 0) is 6.54 Å². The Balaban J connectivity index is 1.28. The molecule has 4 rings (SSSR count). The van der Waals surface area contributed by atoms with Gasteiger partial charge in [-0.2, -0.15) is 5.10 Å². The Morgan fingerprint density at radius 3 is 2.82 bits per heavy atom. The first-order valence-corrected chi connectivity index (χ1v) is 10.2. The van der Waals surface area contributed by atoms with Gasteiger partial charge < -0.3 is 9.30 Å². The Labute approximate surface area is 172 Å². The van der Waals surface area contributed by atoms with E-state index in [4.69, 9.17) is 16.3 Å². The zero-order chi connectivity index (χ0) is 19.2. The molecule has 0 amide bonds. The van der Waals surface area contributed by atoms with E-state index in [1.54, 1.807) is 11.3 Å². The number of fused-ring (bicyclic) bond motifs is 1. The first-order valence-electron chi connectivity index (χ1n) is 8.96. The molecule has 0 spiro atoms. The third-order valence-corrected chi connectivity index (χ3v) is 5.33. The van der Waals surface area contributed by atoms with E-state index in [1.165, 1.54) is 0 Å². The van der Waals surface area contributed by atoms with Crippen molar-refractivity contribution in [3.8, 4) is 5.75 Å². The maximum Gasteiger partial charge on any atom is 0.204 e. The molecule has 4 aromatic rings. The predicted molar refractivity (Wildman–Crippen MR) is 117 cm³/mol. The molecular weight excluding hydrogens is 392 g/mol. The van der Waals surface area contributed by atoms with E-state index >= 15 is 0 Å². The lowest BCUT2D eigenvalue weighted by Gasteiger charge is -2.08. The van der Waals surface area contributed by atoms with Crippen molar-refractivity contribution in [3.05, 3.63) is 77.6 Å². The second-order valence-corrected chi connectivity index (χ2v) is 7.61. The number of aromatic nitrogens is 2. The lowest BCUT2D eigenvalue weighted by atomic mass is 10.3. The van der Waals surface area contributed by atoms with Gasteiger partial charge >= 0.3 is 0 Å². The number of aryl methyl sites for hydroxylation is 1. The molecule has 0 unspecified atom stereocenters. The van der Waals surface area contributed by atoms with E-state index in [9.17, 15) is 0 Å². The summed E-state index contributed by atoms with van der Waals surface area (Å²) in [7, 11) is 0. The van der Waals surface area contributed by atoms with Crippen molar-refractivity contribution in [2.24, 2.45) is 5.10 Å². The molecule has 2 aromatic heterocycles. The number of hydrogen-bond acceptors (Lipinski definition) is 5. The van der Waals surface area contributed by atoms with Crippen molar-refractivity contribution < 1.29 is 4.74 Å². The number of para-hydroxylation sites is 1. The number of rotatable bonds is 8. The van der Waals surface area contributed by atoms with Crippen LogP contribution in [0, 0.1) is 0 Å². The Morgan fingerprint density at radius 2 is 1.96 bits per heavy atom. The molecular formula is C21H19ClN4OS. The van der Waals surface area contributed by atoms with Gasteiger partial charge in [-0.25, -0.2) is 4.98 Å². The SMILES string of the molecule is Clc1ccc(OCCCn2cccc2/C=N\Nc2nc3ccccc3s2)cc1. The van der Waals surface area contributed by atoms with Crippen LogP contribution in [0.1, 0.15) is 12.1 Å².